The molecular formula is C20H23BrF3N3O2. The molecule has 1 fully saturated rings. The number of H-pyrrole nitrogens is 1. The molecule has 5 nitrogen and oxygen atoms in total. The van der Waals surface area contributed by atoms with Gasteiger partial charge < -0.3 is 9.72 Å². The number of amides is 1. The van der Waals surface area contributed by atoms with Crippen molar-refractivity contribution in [2.45, 2.75) is 57.9 Å². The van der Waals surface area contributed by atoms with Gasteiger partial charge in [0.2, 0.25) is 0 Å². The number of benzene rings is 1. The van der Waals surface area contributed by atoms with E-state index in [0.29, 0.717) is 24.4 Å². The summed E-state index contributed by atoms with van der Waals surface area (Å²) >= 11 is 3.33. The minimum atomic E-state index is -4.38. The van der Waals surface area contributed by atoms with Crippen LogP contribution in [0, 0.1) is 0 Å². The van der Waals surface area contributed by atoms with Crippen molar-refractivity contribution in [2.75, 3.05) is 6.54 Å². The normalized spacial score (nSPS) is 17.6. The predicted octanol–water partition coefficient (Wildman–Crippen LogP) is 6.02. The van der Waals surface area contributed by atoms with Gasteiger partial charge in [0, 0.05) is 16.6 Å². The van der Waals surface area contributed by atoms with Crippen LogP contribution in [0.25, 0.3) is 11.3 Å². The monoisotopic (exact) mass is 473 g/mol. The van der Waals surface area contributed by atoms with E-state index in [2.05, 4.69) is 25.9 Å². The minimum Gasteiger partial charge on any atom is -0.444 e. The van der Waals surface area contributed by atoms with Gasteiger partial charge in [-0.2, -0.15) is 13.2 Å². The maximum atomic E-state index is 13.1. The molecule has 1 aliphatic rings. The van der Waals surface area contributed by atoms with Crippen molar-refractivity contribution >= 4 is 22.0 Å². The molecule has 29 heavy (non-hydrogen) atoms. The molecule has 158 valence electrons. The van der Waals surface area contributed by atoms with Gasteiger partial charge in [-0.3, -0.25) is 4.90 Å². The molecule has 2 aromatic rings. The van der Waals surface area contributed by atoms with Crippen molar-refractivity contribution in [3.05, 3.63) is 40.3 Å². The fourth-order valence-electron chi connectivity index (χ4n) is 3.35. The Balaban J connectivity index is 1.95. The molecule has 1 atom stereocenters. The Morgan fingerprint density at radius 3 is 2.52 bits per heavy atom. The summed E-state index contributed by atoms with van der Waals surface area (Å²) in [5.74, 6) is 0.352. The molecule has 1 N–H and O–H groups in total. The summed E-state index contributed by atoms with van der Waals surface area (Å²) in [4.78, 5) is 21.4. The number of halogens is 4. The summed E-state index contributed by atoms with van der Waals surface area (Å²) in [5, 5.41) is 0. The topological polar surface area (TPSA) is 58.2 Å². The van der Waals surface area contributed by atoms with Crippen LogP contribution in [0.3, 0.4) is 0 Å². The second-order valence-corrected chi connectivity index (χ2v) is 9.00. The first-order chi connectivity index (χ1) is 13.4. The largest absolute Gasteiger partial charge is 0.444 e. The highest BCUT2D eigenvalue weighted by Crippen LogP contribution is 2.36. The average Bonchev–Trinajstić information content (AvgIpc) is 3.19. The number of nitrogens with zero attached hydrogens (tertiary/aromatic N) is 2. The lowest BCUT2D eigenvalue weighted by Gasteiger charge is -2.27. The van der Waals surface area contributed by atoms with Crippen LogP contribution in [0.15, 0.2) is 28.7 Å². The molecule has 1 saturated heterocycles. The second-order valence-electron chi connectivity index (χ2n) is 8.08. The highest BCUT2D eigenvalue weighted by atomic mass is 79.9. The molecule has 0 unspecified atom stereocenters. The Labute approximate surface area is 175 Å². The van der Waals surface area contributed by atoms with Crippen LogP contribution in [0.5, 0.6) is 0 Å². The van der Waals surface area contributed by atoms with E-state index in [1.165, 1.54) is 4.90 Å². The molecule has 1 aliphatic heterocycles. The van der Waals surface area contributed by atoms with Crippen LogP contribution in [-0.2, 0) is 11.2 Å². The van der Waals surface area contributed by atoms with Gasteiger partial charge in [0.05, 0.1) is 23.9 Å². The molecule has 0 spiro atoms. The molecule has 3 rings (SSSR count). The first-order valence-electron chi connectivity index (χ1n) is 9.34. The minimum absolute atomic E-state index is 0.00846. The zero-order valence-corrected chi connectivity index (χ0v) is 18.0. The van der Waals surface area contributed by atoms with Crippen molar-refractivity contribution in [3.63, 3.8) is 0 Å². The van der Waals surface area contributed by atoms with Gasteiger partial charge in [-0.05, 0) is 45.7 Å². The lowest BCUT2D eigenvalue weighted by Crippen LogP contribution is -2.36. The van der Waals surface area contributed by atoms with E-state index in [-0.39, 0.29) is 11.4 Å². The summed E-state index contributed by atoms with van der Waals surface area (Å²) in [6.45, 7) is 5.80. The fraction of sp³-hybridized carbons (Fsp3) is 0.500. The lowest BCUT2D eigenvalue weighted by atomic mass is 10.1. The second kappa shape index (κ2) is 8.01. The third kappa shape index (κ3) is 5.52. The molecule has 1 aromatic heterocycles. The van der Waals surface area contributed by atoms with Crippen LogP contribution < -0.4 is 0 Å². The number of aromatic nitrogens is 2. The highest BCUT2D eigenvalue weighted by molar-refractivity contribution is 9.10. The summed E-state index contributed by atoms with van der Waals surface area (Å²) in [6.07, 6.45) is -4.65. The van der Waals surface area contributed by atoms with Crippen LogP contribution in [0.4, 0.5) is 18.0 Å². The van der Waals surface area contributed by atoms with E-state index in [9.17, 15) is 18.0 Å². The maximum Gasteiger partial charge on any atom is 0.410 e. The number of aromatic amines is 1. The van der Waals surface area contributed by atoms with Gasteiger partial charge in [-0.25, -0.2) is 9.78 Å². The smallest absolute Gasteiger partial charge is 0.410 e. The number of rotatable bonds is 3. The van der Waals surface area contributed by atoms with Crippen LogP contribution in [0.1, 0.15) is 51.2 Å². The van der Waals surface area contributed by atoms with Crippen molar-refractivity contribution in [2.24, 2.45) is 0 Å². The third-order valence-electron chi connectivity index (χ3n) is 4.49. The van der Waals surface area contributed by atoms with Gasteiger partial charge in [0.1, 0.15) is 11.4 Å². The van der Waals surface area contributed by atoms with Crippen LogP contribution in [0.2, 0.25) is 0 Å². The summed E-state index contributed by atoms with van der Waals surface area (Å²) in [5.41, 5.74) is 0.167. The number of likely N-dealkylation sites (tertiary alicyclic amines) is 1. The summed E-state index contributed by atoms with van der Waals surface area (Å²) in [7, 11) is 0. The number of carbonyl (C=O) groups excluding carboxylic acids is 1. The van der Waals surface area contributed by atoms with Gasteiger partial charge >= 0.3 is 12.3 Å². The molecule has 0 saturated carbocycles. The number of carbonyl (C=O) groups is 1. The van der Waals surface area contributed by atoms with E-state index in [1.807, 2.05) is 0 Å². The molecule has 0 aliphatic carbocycles. The van der Waals surface area contributed by atoms with Gasteiger partial charge in [0.15, 0.2) is 0 Å². The van der Waals surface area contributed by atoms with E-state index in [4.69, 9.17) is 4.74 Å². The average molecular weight is 474 g/mol. The fourth-order valence-corrected chi connectivity index (χ4v) is 3.62. The Morgan fingerprint density at radius 2 is 1.93 bits per heavy atom. The van der Waals surface area contributed by atoms with E-state index in [1.54, 1.807) is 45.0 Å². The molecular weight excluding hydrogens is 451 g/mol. The van der Waals surface area contributed by atoms with E-state index in [0.717, 1.165) is 10.9 Å². The Kier molecular flexibility index (Phi) is 5.98. The van der Waals surface area contributed by atoms with Crippen molar-refractivity contribution in [1.82, 2.24) is 14.9 Å². The zero-order chi connectivity index (χ0) is 21.4. The first kappa shape index (κ1) is 21.7. The molecule has 0 radical (unpaired) electrons. The number of ether oxygens (including phenoxy) is 1. The zero-order valence-electron chi connectivity index (χ0n) is 16.4. The molecule has 1 amide bonds. The lowest BCUT2D eigenvalue weighted by molar-refractivity contribution is -0.127. The Hall–Kier alpha value is -2.03. The number of alkyl halides is 3. The van der Waals surface area contributed by atoms with Gasteiger partial charge in [-0.1, -0.05) is 28.1 Å². The Bertz CT molecular complexity index is 873. The molecule has 9 heteroatoms. The van der Waals surface area contributed by atoms with E-state index >= 15 is 0 Å². The first-order valence-corrected chi connectivity index (χ1v) is 10.1. The number of hydrogen-bond donors (Lipinski definition) is 1. The quantitative estimate of drug-likeness (QED) is 0.593. The standard InChI is InChI=1S/C20H23BrF3N3O2/c1-19(2,3)29-18(28)27-10-4-5-15(27)17-25-14(11-20(22,23)24)16(26-17)12-6-8-13(21)9-7-12/h6-9,15H,4-5,10-11H2,1-3H3,(H,25,26)/t15-/m0/s1. The molecule has 2 heterocycles. The van der Waals surface area contributed by atoms with Crippen molar-refractivity contribution in [3.8, 4) is 11.3 Å². The van der Waals surface area contributed by atoms with Crippen molar-refractivity contribution in [1.29, 1.82) is 0 Å². The third-order valence-corrected chi connectivity index (χ3v) is 5.02. The molecule has 0 bridgehead atoms. The van der Waals surface area contributed by atoms with Crippen LogP contribution in [-0.4, -0.2) is 39.3 Å². The maximum absolute atomic E-state index is 13.1. The van der Waals surface area contributed by atoms with E-state index < -0.39 is 30.3 Å². The summed E-state index contributed by atoms with van der Waals surface area (Å²) < 4.78 is 45.7. The number of nitrogens with one attached hydrogen (secondary N) is 1. The highest BCUT2D eigenvalue weighted by Gasteiger charge is 2.37. The van der Waals surface area contributed by atoms with Gasteiger partial charge in [0.25, 0.3) is 0 Å². The SMILES string of the molecule is CC(C)(C)OC(=O)N1CCC[C@H]1c1nc(-c2ccc(Br)cc2)c(CC(F)(F)F)[nH]1. The Morgan fingerprint density at radius 1 is 1.28 bits per heavy atom. The molecule has 1 aromatic carbocycles. The number of imidazole rings is 1. The number of hydrogen-bond acceptors (Lipinski definition) is 3. The van der Waals surface area contributed by atoms with Crippen LogP contribution >= 0.6 is 15.9 Å². The predicted molar refractivity (Wildman–Crippen MR) is 106 cm³/mol. The van der Waals surface area contributed by atoms with Gasteiger partial charge in [-0.15, -0.1) is 0 Å². The van der Waals surface area contributed by atoms with Crippen molar-refractivity contribution < 1.29 is 22.7 Å². The summed E-state index contributed by atoms with van der Waals surface area (Å²) in [6, 6.07) is 6.49.